The number of carbonyl (C=O) groups is 1. The maximum atomic E-state index is 11.5. The minimum Gasteiger partial charge on any atom is -0.444 e. The normalized spacial score (nSPS) is 10.4. The Morgan fingerprint density at radius 1 is 1.59 bits per heavy atom. The van der Waals surface area contributed by atoms with Gasteiger partial charge in [-0.3, -0.25) is 5.32 Å². The summed E-state index contributed by atoms with van der Waals surface area (Å²) in [5.41, 5.74) is 0.403. The van der Waals surface area contributed by atoms with E-state index in [1.807, 2.05) is 32.2 Å². The molecule has 0 unspecified atom stereocenters. The van der Waals surface area contributed by atoms with Gasteiger partial charge in [0.15, 0.2) is 0 Å². The Morgan fingerprint density at radius 3 is 2.88 bits per heavy atom. The summed E-state index contributed by atoms with van der Waals surface area (Å²) in [5, 5.41) is 5.94. The molecule has 92 valence electrons. The van der Waals surface area contributed by atoms with Crippen LogP contribution in [0.5, 0.6) is 0 Å². The summed E-state index contributed by atoms with van der Waals surface area (Å²) < 4.78 is 5.15. The Morgan fingerprint density at radius 2 is 2.29 bits per heavy atom. The number of halogens is 1. The molecule has 0 spiro atoms. The predicted molar refractivity (Wildman–Crippen MR) is 74.8 cm³/mol. The second-order valence-electron chi connectivity index (χ2n) is 4.26. The summed E-state index contributed by atoms with van der Waals surface area (Å²) in [6.07, 6.45) is -0.445. The summed E-state index contributed by atoms with van der Waals surface area (Å²) in [6.45, 7) is 5.48. The molecule has 1 amide bonds. The lowest BCUT2D eigenvalue weighted by Gasteiger charge is -2.19. The first kappa shape index (κ1) is 14.1. The molecule has 1 N–H and O–H groups in total. The lowest BCUT2D eigenvalue weighted by molar-refractivity contribution is 0.0636. The van der Waals surface area contributed by atoms with Crippen molar-refractivity contribution in [1.29, 1.82) is 0 Å². The van der Waals surface area contributed by atoms with E-state index in [0.29, 0.717) is 5.33 Å². The first-order chi connectivity index (χ1) is 7.90. The summed E-state index contributed by atoms with van der Waals surface area (Å²) in [5.74, 6) is 5.86. The van der Waals surface area contributed by atoms with Gasteiger partial charge in [0.1, 0.15) is 5.60 Å². The molecule has 5 heteroatoms. The van der Waals surface area contributed by atoms with Crippen molar-refractivity contribution in [1.82, 2.24) is 0 Å². The number of amides is 1. The molecule has 1 rings (SSSR count). The summed E-state index contributed by atoms with van der Waals surface area (Å²) in [6, 6.07) is 1.82. The van der Waals surface area contributed by atoms with Crippen LogP contribution in [0, 0.1) is 11.8 Å². The average Bonchev–Trinajstić information content (AvgIpc) is 2.59. The SMILES string of the molecule is CC(C)(C)OC(=O)Nc1cc(C#CCBr)cs1. The molecule has 3 nitrogen and oxygen atoms in total. The highest BCUT2D eigenvalue weighted by atomic mass is 79.9. The van der Waals surface area contributed by atoms with Crippen molar-refractivity contribution < 1.29 is 9.53 Å². The maximum absolute atomic E-state index is 11.5. The third-order valence-electron chi connectivity index (χ3n) is 1.52. The van der Waals surface area contributed by atoms with Crippen LogP contribution in [-0.4, -0.2) is 17.0 Å². The van der Waals surface area contributed by atoms with Gasteiger partial charge in [0, 0.05) is 10.9 Å². The van der Waals surface area contributed by atoms with Crippen LogP contribution in [0.1, 0.15) is 26.3 Å². The summed E-state index contributed by atoms with van der Waals surface area (Å²) in [7, 11) is 0. The van der Waals surface area contributed by atoms with E-state index in [-0.39, 0.29) is 0 Å². The van der Waals surface area contributed by atoms with Gasteiger partial charge < -0.3 is 4.74 Å². The predicted octanol–water partition coefficient (Wildman–Crippen LogP) is 3.84. The third-order valence-corrected chi connectivity index (χ3v) is 2.65. The molecular formula is C12H14BrNO2S. The van der Waals surface area contributed by atoms with E-state index < -0.39 is 11.7 Å². The molecule has 0 radical (unpaired) electrons. The monoisotopic (exact) mass is 315 g/mol. The molecule has 0 aliphatic heterocycles. The molecule has 0 saturated carbocycles. The van der Waals surface area contributed by atoms with Gasteiger partial charge in [-0.25, -0.2) is 4.79 Å². The smallest absolute Gasteiger partial charge is 0.412 e. The van der Waals surface area contributed by atoms with Crippen molar-refractivity contribution in [3.05, 3.63) is 17.0 Å². The highest BCUT2D eigenvalue weighted by Crippen LogP contribution is 2.20. The van der Waals surface area contributed by atoms with Gasteiger partial charge in [-0.2, -0.15) is 0 Å². The van der Waals surface area contributed by atoms with Gasteiger partial charge in [0.05, 0.1) is 10.3 Å². The fourth-order valence-electron chi connectivity index (χ4n) is 1.01. The third kappa shape index (κ3) is 5.76. The molecule has 0 saturated heterocycles. The van der Waals surface area contributed by atoms with Crippen LogP contribution in [0.4, 0.5) is 9.80 Å². The minimum atomic E-state index is -0.486. The van der Waals surface area contributed by atoms with Crippen LogP contribution < -0.4 is 5.32 Å². The van der Waals surface area contributed by atoms with Crippen molar-refractivity contribution in [2.75, 3.05) is 10.6 Å². The highest BCUT2D eigenvalue weighted by Gasteiger charge is 2.16. The quantitative estimate of drug-likeness (QED) is 0.631. The Kier molecular flexibility index (Phi) is 5.03. The van der Waals surface area contributed by atoms with Gasteiger partial charge in [-0.1, -0.05) is 27.8 Å². The number of hydrogen-bond acceptors (Lipinski definition) is 3. The van der Waals surface area contributed by atoms with Crippen molar-refractivity contribution in [2.45, 2.75) is 26.4 Å². The van der Waals surface area contributed by atoms with Gasteiger partial charge in [-0.15, -0.1) is 11.3 Å². The second-order valence-corrected chi connectivity index (χ2v) is 5.73. The number of carbonyl (C=O) groups excluding carboxylic acids is 1. The fraction of sp³-hybridized carbons (Fsp3) is 0.417. The van der Waals surface area contributed by atoms with E-state index in [1.165, 1.54) is 11.3 Å². The highest BCUT2D eigenvalue weighted by molar-refractivity contribution is 9.09. The molecular weight excluding hydrogens is 302 g/mol. The lowest BCUT2D eigenvalue weighted by Crippen LogP contribution is -2.26. The lowest BCUT2D eigenvalue weighted by atomic mass is 10.2. The van der Waals surface area contributed by atoms with Crippen LogP contribution in [-0.2, 0) is 4.74 Å². The molecule has 0 aromatic carbocycles. The molecule has 0 bridgehead atoms. The molecule has 0 aliphatic rings. The van der Waals surface area contributed by atoms with Crippen molar-refractivity contribution in [3.63, 3.8) is 0 Å². The Bertz CT molecular complexity index is 451. The summed E-state index contributed by atoms with van der Waals surface area (Å²) in [4.78, 5) is 11.5. The number of anilines is 1. The molecule has 1 aromatic heterocycles. The zero-order valence-electron chi connectivity index (χ0n) is 9.96. The number of hydrogen-bond donors (Lipinski definition) is 1. The number of rotatable bonds is 1. The van der Waals surface area contributed by atoms with E-state index in [4.69, 9.17) is 4.74 Å². The average molecular weight is 316 g/mol. The van der Waals surface area contributed by atoms with Crippen molar-refractivity contribution >= 4 is 38.4 Å². The maximum Gasteiger partial charge on any atom is 0.412 e. The number of nitrogens with one attached hydrogen (secondary N) is 1. The molecule has 0 aliphatic carbocycles. The Hall–Kier alpha value is -0.990. The first-order valence-electron chi connectivity index (χ1n) is 5.04. The zero-order chi connectivity index (χ0) is 12.9. The van der Waals surface area contributed by atoms with Crippen LogP contribution in [0.15, 0.2) is 11.4 Å². The number of ether oxygens (including phenoxy) is 1. The van der Waals surface area contributed by atoms with Crippen LogP contribution in [0.2, 0.25) is 0 Å². The molecule has 17 heavy (non-hydrogen) atoms. The minimum absolute atomic E-state index is 0.445. The van der Waals surface area contributed by atoms with E-state index in [0.717, 1.165) is 10.6 Å². The first-order valence-corrected chi connectivity index (χ1v) is 7.04. The number of alkyl halides is 1. The van der Waals surface area contributed by atoms with E-state index in [1.54, 1.807) is 0 Å². The van der Waals surface area contributed by atoms with E-state index in [2.05, 4.69) is 33.1 Å². The largest absolute Gasteiger partial charge is 0.444 e. The van der Waals surface area contributed by atoms with Gasteiger partial charge >= 0.3 is 6.09 Å². The topological polar surface area (TPSA) is 38.3 Å². The van der Waals surface area contributed by atoms with Crippen LogP contribution >= 0.6 is 27.3 Å². The van der Waals surface area contributed by atoms with Crippen molar-refractivity contribution in [2.24, 2.45) is 0 Å². The van der Waals surface area contributed by atoms with E-state index in [9.17, 15) is 4.79 Å². The zero-order valence-corrected chi connectivity index (χ0v) is 12.4. The van der Waals surface area contributed by atoms with Crippen LogP contribution in [0.25, 0.3) is 0 Å². The standard InChI is InChI=1S/C12H14BrNO2S/c1-12(2,3)16-11(15)14-10-7-9(8-17-10)5-4-6-13/h7-8H,6H2,1-3H3,(H,14,15). The second kappa shape index (κ2) is 6.08. The molecule has 1 heterocycles. The Balaban J connectivity index is 2.58. The summed E-state index contributed by atoms with van der Waals surface area (Å²) >= 11 is 4.65. The van der Waals surface area contributed by atoms with Crippen LogP contribution in [0.3, 0.4) is 0 Å². The van der Waals surface area contributed by atoms with Gasteiger partial charge in [0.25, 0.3) is 0 Å². The van der Waals surface area contributed by atoms with Gasteiger partial charge in [0.2, 0.25) is 0 Å². The van der Waals surface area contributed by atoms with Gasteiger partial charge in [-0.05, 0) is 26.8 Å². The molecule has 1 aromatic rings. The fourth-order valence-corrected chi connectivity index (χ4v) is 1.87. The number of thiophene rings is 1. The van der Waals surface area contributed by atoms with Crippen molar-refractivity contribution in [3.8, 4) is 11.8 Å². The Labute approximate surface area is 114 Å². The molecule has 0 fully saturated rings. The van der Waals surface area contributed by atoms with E-state index >= 15 is 0 Å². The molecule has 0 atom stereocenters.